The van der Waals surface area contributed by atoms with Gasteiger partial charge in [-0.05, 0) is 174 Å². The topological polar surface area (TPSA) is 142 Å². The second-order valence-corrected chi connectivity index (χ2v) is 38.2. The predicted octanol–water partition coefficient (Wildman–Crippen LogP) is 34.5. The van der Waals surface area contributed by atoms with Gasteiger partial charge in [-0.1, -0.05) is 388 Å². The molecule has 0 N–H and O–H groups in total. The monoisotopic (exact) mass is 1880 g/mol. The molecule has 8 aromatic heterocycles. The maximum Gasteiger partial charge on any atom is 0.164 e. The van der Waals surface area contributed by atoms with Gasteiger partial charge in [-0.3, -0.25) is 9.97 Å². The summed E-state index contributed by atoms with van der Waals surface area (Å²) < 4.78 is 7.45. The van der Waals surface area contributed by atoms with Gasteiger partial charge in [0.25, 0.3) is 0 Å². The molecule has 8 heterocycles. The molecule has 27 rings (SSSR count). The summed E-state index contributed by atoms with van der Waals surface area (Å²) in [6.45, 7) is 0. The van der Waals surface area contributed by atoms with E-state index >= 15 is 0 Å². The molecule has 143 heavy (non-hydrogen) atoms. The average molecular weight is 1880 g/mol. The van der Waals surface area contributed by atoms with E-state index in [0.717, 1.165) is 122 Å². The molecule has 0 radical (unpaired) electrons. The summed E-state index contributed by atoms with van der Waals surface area (Å²) in [6, 6.07) is 167. The molecule has 670 valence electrons. The van der Waals surface area contributed by atoms with Gasteiger partial charge >= 0.3 is 0 Å². The summed E-state index contributed by atoms with van der Waals surface area (Å²) in [7, 11) is 0. The standard InChI is InChI=1S/C47H29N3S.C44H28N4S.C38H24N4S/c1-3-14-30(15-4-1)45-48-46(31-16-5-2-6-17-31)50-47(49-45)35-27-33(37-23-13-24-41-40-22-11-12-25-43(40)51-44(37)41)26-34(28-35)42-29-32-18-7-8-19-36(32)38-20-9-10-21-39(38)42;1-4-12-29(13-5-1)34-26-35(30-20-22-31(23-21-30)40-41-38(24-25-45-40)37-18-10-11-19-39(37)49-41)28-36(27-34)44-47-42(32-14-6-2-7-15-32)46-43(48-44)33-16-8-3-9-17-33;1-4-12-25(13-5-1)28-22-29(31-20-21-39-34-32-18-10-11-19-33(32)43-35(31)34)24-30(23-28)38-41-36(26-14-6-2-7-15-26)40-37(42-38)27-16-8-3-9-17-27/h1-29H;1-28H;1-24H. The number of hydrogen-bond donors (Lipinski definition) is 0. The summed E-state index contributed by atoms with van der Waals surface area (Å²) in [5.41, 5.74) is 25.1. The lowest BCUT2D eigenvalue weighted by molar-refractivity contribution is 1.07. The highest BCUT2D eigenvalue weighted by molar-refractivity contribution is 7.27. The van der Waals surface area contributed by atoms with Crippen LogP contribution in [0.5, 0.6) is 0 Å². The molecule has 27 aromatic rings. The normalized spacial score (nSPS) is 11.4. The average Bonchev–Trinajstić information content (AvgIpc) is 1.29. The third kappa shape index (κ3) is 17.4. The maximum atomic E-state index is 5.16. The van der Waals surface area contributed by atoms with E-state index in [4.69, 9.17) is 54.8 Å². The second kappa shape index (κ2) is 38.2. The highest BCUT2D eigenvalue weighted by atomic mass is 32.1. The first-order valence-electron chi connectivity index (χ1n) is 47.5. The molecule has 0 bridgehead atoms. The number of hydrogen-bond acceptors (Lipinski definition) is 14. The van der Waals surface area contributed by atoms with Crippen LogP contribution in [0, 0.1) is 0 Å². The molecule has 0 amide bonds. The maximum absolute atomic E-state index is 5.16. The van der Waals surface area contributed by atoms with Crippen molar-refractivity contribution in [3.05, 3.63) is 492 Å². The minimum atomic E-state index is 0.629. The number of rotatable bonds is 16. The quantitative estimate of drug-likeness (QED) is 0.0853. The first-order chi connectivity index (χ1) is 70.8. The van der Waals surface area contributed by atoms with Gasteiger partial charge in [0.2, 0.25) is 0 Å². The molecule has 0 spiro atoms. The van der Waals surface area contributed by atoms with Crippen LogP contribution in [0.4, 0.5) is 0 Å². The highest BCUT2D eigenvalue weighted by Crippen LogP contribution is 2.48. The fourth-order valence-electron chi connectivity index (χ4n) is 19.1. The molecular weight excluding hydrogens is 1800 g/mol. The fourth-order valence-corrected chi connectivity index (χ4v) is 22.7. The van der Waals surface area contributed by atoms with E-state index in [1.165, 1.54) is 87.8 Å². The van der Waals surface area contributed by atoms with Crippen LogP contribution in [0.15, 0.2) is 492 Å². The van der Waals surface area contributed by atoms with Crippen molar-refractivity contribution in [1.82, 2.24) is 54.8 Å². The SMILES string of the molecule is c1ccc(-c2cc(-c3ccc(-c4nccc5c4sc4ccccc45)cc3)cc(-c3nc(-c4ccccc4)nc(-c4ccccc4)n3)c2)cc1.c1ccc(-c2cc(-c3nc(-c4ccccc4)nc(-c4ccccc4)n3)cc(-c3ccnc4c3sc3ccccc34)c2)cc1.c1ccc(-c2nc(-c3ccccc3)nc(-c3cc(-c4cc5ccccc5c5ccccc45)cc(-c4cccc5c4sc4ccccc45)c3)n2)cc1. The lowest BCUT2D eigenvalue weighted by Crippen LogP contribution is -2.00. The molecule has 19 aromatic carbocycles. The largest absolute Gasteiger partial charge is 0.255 e. The van der Waals surface area contributed by atoms with E-state index in [2.05, 4.69) is 309 Å². The van der Waals surface area contributed by atoms with Crippen molar-refractivity contribution < 1.29 is 0 Å². The number of pyridine rings is 2. The van der Waals surface area contributed by atoms with Crippen LogP contribution in [-0.2, 0) is 0 Å². The summed E-state index contributed by atoms with van der Waals surface area (Å²) in [4.78, 5) is 54.9. The van der Waals surface area contributed by atoms with E-state index < -0.39 is 0 Å². The van der Waals surface area contributed by atoms with Gasteiger partial charge in [-0.25, -0.2) is 44.9 Å². The molecule has 0 aliphatic heterocycles. The summed E-state index contributed by atoms with van der Waals surface area (Å²) in [6.07, 6.45) is 3.83. The first kappa shape index (κ1) is 86.3. The molecule has 0 aliphatic rings. The van der Waals surface area contributed by atoms with Gasteiger partial charge in [0, 0.05) is 119 Å². The van der Waals surface area contributed by atoms with Gasteiger partial charge < -0.3 is 0 Å². The van der Waals surface area contributed by atoms with Crippen LogP contribution in [0.2, 0.25) is 0 Å². The molecule has 0 saturated heterocycles. The molecule has 0 unspecified atom stereocenters. The minimum absolute atomic E-state index is 0.629. The van der Waals surface area contributed by atoms with Gasteiger partial charge in [0.1, 0.15) is 0 Å². The highest BCUT2D eigenvalue weighted by Gasteiger charge is 2.24. The van der Waals surface area contributed by atoms with Crippen LogP contribution < -0.4 is 0 Å². The number of fused-ring (bicyclic) bond motifs is 12. The van der Waals surface area contributed by atoms with Crippen molar-refractivity contribution in [1.29, 1.82) is 0 Å². The molecule has 0 fully saturated rings. The Hall–Kier alpha value is -18.3. The molecular formula is C129H81N11S3. The Labute approximate surface area is 836 Å². The van der Waals surface area contributed by atoms with E-state index in [1.807, 2.05) is 194 Å². The van der Waals surface area contributed by atoms with Crippen molar-refractivity contribution >= 4 is 116 Å². The predicted molar refractivity (Wildman–Crippen MR) is 596 cm³/mol. The van der Waals surface area contributed by atoms with E-state index in [-0.39, 0.29) is 0 Å². The Morgan fingerprint density at radius 3 is 0.860 bits per heavy atom. The van der Waals surface area contributed by atoms with Crippen LogP contribution in [0.1, 0.15) is 0 Å². The van der Waals surface area contributed by atoms with Crippen LogP contribution in [0.25, 0.3) is 263 Å². The Kier molecular flexibility index (Phi) is 23.1. The minimum Gasteiger partial charge on any atom is -0.255 e. The first-order valence-corrected chi connectivity index (χ1v) is 49.9. The zero-order chi connectivity index (χ0) is 94.9. The van der Waals surface area contributed by atoms with Crippen molar-refractivity contribution in [3.8, 4) is 181 Å². The van der Waals surface area contributed by atoms with Gasteiger partial charge in [0.15, 0.2) is 52.4 Å². The van der Waals surface area contributed by atoms with E-state index in [1.54, 1.807) is 22.7 Å². The van der Waals surface area contributed by atoms with Crippen LogP contribution in [0.3, 0.4) is 0 Å². The Balaban J connectivity index is 0.000000113. The summed E-state index contributed by atoms with van der Waals surface area (Å²) >= 11 is 5.43. The van der Waals surface area contributed by atoms with Gasteiger partial charge in [-0.2, -0.15) is 0 Å². The number of benzene rings is 19. The van der Waals surface area contributed by atoms with Crippen molar-refractivity contribution in [2.45, 2.75) is 0 Å². The van der Waals surface area contributed by atoms with Crippen molar-refractivity contribution in [2.24, 2.45) is 0 Å². The van der Waals surface area contributed by atoms with Crippen molar-refractivity contribution in [3.63, 3.8) is 0 Å². The Morgan fingerprint density at radius 2 is 0.420 bits per heavy atom. The molecule has 0 aliphatic carbocycles. The van der Waals surface area contributed by atoms with Gasteiger partial charge in [0.05, 0.1) is 20.6 Å². The molecule has 11 nitrogen and oxygen atoms in total. The Bertz CT molecular complexity index is 9270. The zero-order valence-corrected chi connectivity index (χ0v) is 79.4. The third-order valence-corrected chi connectivity index (χ3v) is 29.6. The zero-order valence-electron chi connectivity index (χ0n) is 76.9. The smallest absolute Gasteiger partial charge is 0.164 e. The van der Waals surface area contributed by atoms with E-state index in [0.29, 0.717) is 52.4 Å². The van der Waals surface area contributed by atoms with E-state index in [9.17, 15) is 0 Å². The third-order valence-electron chi connectivity index (χ3n) is 26.0. The summed E-state index contributed by atoms with van der Waals surface area (Å²) in [5, 5.41) is 11.2. The number of thiophene rings is 3. The number of aromatic nitrogens is 11. The van der Waals surface area contributed by atoms with Gasteiger partial charge in [-0.15, -0.1) is 34.0 Å². The molecule has 0 atom stereocenters. The lowest BCUT2D eigenvalue weighted by atomic mass is 9.90. The van der Waals surface area contributed by atoms with Crippen LogP contribution in [-0.4, -0.2) is 54.8 Å². The molecule has 0 saturated carbocycles. The summed E-state index contributed by atoms with van der Waals surface area (Å²) in [5.74, 6) is 5.77. The van der Waals surface area contributed by atoms with Crippen molar-refractivity contribution in [2.75, 3.05) is 0 Å². The lowest BCUT2D eigenvalue weighted by Gasteiger charge is -2.15. The number of nitrogens with zero attached hydrogens (tertiary/aromatic N) is 11. The molecule has 14 heteroatoms. The Morgan fingerprint density at radius 1 is 0.140 bits per heavy atom. The fraction of sp³-hybridized carbons (Fsp3) is 0. The van der Waals surface area contributed by atoms with Crippen LogP contribution >= 0.6 is 34.0 Å². The second-order valence-electron chi connectivity index (χ2n) is 35.1.